The van der Waals surface area contributed by atoms with Crippen LogP contribution in [0.25, 0.3) is 0 Å². The number of amides is 1. The maximum atomic E-state index is 11.3. The topological polar surface area (TPSA) is 55.1 Å². The highest BCUT2D eigenvalue weighted by molar-refractivity contribution is 5.76. The minimum absolute atomic E-state index is 0.128. The summed E-state index contributed by atoms with van der Waals surface area (Å²) < 4.78 is 0. The van der Waals surface area contributed by atoms with Gasteiger partial charge in [-0.15, -0.1) is 0 Å². The SMILES string of the molecule is CC(C)CC(=O)NC(C)CC(C)N. The monoisotopic (exact) mass is 186 g/mol. The average Bonchev–Trinajstić information content (AvgIpc) is 1.80. The van der Waals surface area contributed by atoms with Gasteiger partial charge in [0.05, 0.1) is 0 Å². The molecule has 0 spiro atoms. The second kappa shape index (κ2) is 5.97. The standard InChI is InChI=1S/C10H22N2O/c1-7(2)5-10(13)12-9(4)6-8(3)11/h7-9H,5-6,11H2,1-4H3,(H,12,13). The lowest BCUT2D eigenvalue weighted by Crippen LogP contribution is -2.36. The van der Waals surface area contributed by atoms with Crippen molar-refractivity contribution in [1.29, 1.82) is 0 Å². The Labute approximate surface area is 81.1 Å². The van der Waals surface area contributed by atoms with Crippen molar-refractivity contribution in [3.8, 4) is 0 Å². The van der Waals surface area contributed by atoms with Crippen LogP contribution >= 0.6 is 0 Å². The molecule has 0 heterocycles. The van der Waals surface area contributed by atoms with Crippen molar-refractivity contribution in [1.82, 2.24) is 5.32 Å². The molecular weight excluding hydrogens is 164 g/mol. The molecule has 0 aliphatic carbocycles. The van der Waals surface area contributed by atoms with Crippen LogP contribution in [-0.4, -0.2) is 18.0 Å². The highest BCUT2D eigenvalue weighted by Gasteiger charge is 2.09. The van der Waals surface area contributed by atoms with Gasteiger partial charge in [-0.25, -0.2) is 0 Å². The third-order valence-corrected chi connectivity index (χ3v) is 1.73. The van der Waals surface area contributed by atoms with Gasteiger partial charge in [0.2, 0.25) is 5.91 Å². The van der Waals surface area contributed by atoms with E-state index in [9.17, 15) is 4.79 Å². The summed E-state index contributed by atoms with van der Waals surface area (Å²) in [5.74, 6) is 0.547. The van der Waals surface area contributed by atoms with Gasteiger partial charge in [0.1, 0.15) is 0 Å². The Morgan fingerprint density at radius 2 is 1.85 bits per heavy atom. The van der Waals surface area contributed by atoms with Crippen molar-refractivity contribution >= 4 is 5.91 Å². The van der Waals surface area contributed by atoms with Crippen LogP contribution in [0.5, 0.6) is 0 Å². The zero-order valence-electron chi connectivity index (χ0n) is 9.13. The van der Waals surface area contributed by atoms with Crippen molar-refractivity contribution in [2.75, 3.05) is 0 Å². The molecule has 78 valence electrons. The van der Waals surface area contributed by atoms with Gasteiger partial charge in [0.25, 0.3) is 0 Å². The second-order valence-electron chi connectivity index (χ2n) is 4.28. The van der Waals surface area contributed by atoms with E-state index in [-0.39, 0.29) is 18.0 Å². The third kappa shape index (κ3) is 7.78. The molecule has 0 aromatic heterocycles. The molecule has 0 rings (SSSR count). The lowest BCUT2D eigenvalue weighted by atomic mass is 10.1. The van der Waals surface area contributed by atoms with Crippen LogP contribution in [0.1, 0.15) is 40.5 Å². The number of hydrogen-bond donors (Lipinski definition) is 2. The Balaban J connectivity index is 3.65. The summed E-state index contributed by atoms with van der Waals surface area (Å²) in [6.07, 6.45) is 1.44. The highest BCUT2D eigenvalue weighted by atomic mass is 16.1. The molecule has 13 heavy (non-hydrogen) atoms. The summed E-state index contributed by atoms with van der Waals surface area (Å²) in [5, 5.41) is 2.92. The van der Waals surface area contributed by atoms with E-state index in [0.717, 1.165) is 6.42 Å². The van der Waals surface area contributed by atoms with E-state index < -0.39 is 0 Å². The molecule has 3 nitrogen and oxygen atoms in total. The number of carbonyl (C=O) groups is 1. The summed E-state index contributed by atoms with van der Waals surface area (Å²) in [6.45, 7) is 8.01. The Kier molecular flexibility index (Phi) is 5.71. The van der Waals surface area contributed by atoms with Crippen LogP contribution < -0.4 is 11.1 Å². The largest absolute Gasteiger partial charge is 0.354 e. The molecule has 0 aliphatic heterocycles. The van der Waals surface area contributed by atoms with Crippen LogP contribution in [0.4, 0.5) is 0 Å². The third-order valence-electron chi connectivity index (χ3n) is 1.73. The van der Waals surface area contributed by atoms with Crippen LogP contribution in [0, 0.1) is 5.92 Å². The minimum Gasteiger partial charge on any atom is -0.354 e. The van der Waals surface area contributed by atoms with Gasteiger partial charge in [-0.1, -0.05) is 13.8 Å². The predicted molar refractivity (Wildman–Crippen MR) is 55.3 cm³/mol. The quantitative estimate of drug-likeness (QED) is 0.679. The van der Waals surface area contributed by atoms with Crippen LogP contribution in [0.2, 0.25) is 0 Å². The van der Waals surface area contributed by atoms with Gasteiger partial charge in [-0.3, -0.25) is 4.79 Å². The molecule has 0 radical (unpaired) electrons. The van der Waals surface area contributed by atoms with Crippen molar-refractivity contribution in [3.05, 3.63) is 0 Å². The van der Waals surface area contributed by atoms with Crippen molar-refractivity contribution in [3.63, 3.8) is 0 Å². The van der Waals surface area contributed by atoms with Crippen LogP contribution in [0.3, 0.4) is 0 Å². The molecule has 0 aromatic rings. The zero-order valence-corrected chi connectivity index (χ0v) is 9.13. The fourth-order valence-electron chi connectivity index (χ4n) is 1.32. The maximum Gasteiger partial charge on any atom is 0.220 e. The van der Waals surface area contributed by atoms with Gasteiger partial charge < -0.3 is 11.1 Å². The Morgan fingerprint density at radius 3 is 2.23 bits per heavy atom. The molecular formula is C10H22N2O. The van der Waals surface area contributed by atoms with Gasteiger partial charge in [-0.2, -0.15) is 0 Å². The van der Waals surface area contributed by atoms with Crippen molar-refractivity contribution < 1.29 is 4.79 Å². The summed E-state index contributed by atoms with van der Waals surface area (Å²) in [4.78, 5) is 11.3. The smallest absolute Gasteiger partial charge is 0.220 e. The van der Waals surface area contributed by atoms with Gasteiger partial charge >= 0.3 is 0 Å². The van der Waals surface area contributed by atoms with Crippen molar-refractivity contribution in [2.45, 2.75) is 52.6 Å². The summed E-state index contributed by atoms with van der Waals surface area (Å²) >= 11 is 0. The summed E-state index contributed by atoms with van der Waals surface area (Å²) in [6, 6.07) is 0.334. The lowest BCUT2D eigenvalue weighted by Gasteiger charge is -2.16. The first kappa shape index (κ1) is 12.4. The number of nitrogens with one attached hydrogen (secondary N) is 1. The molecule has 1 amide bonds. The average molecular weight is 186 g/mol. The van der Waals surface area contributed by atoms with Crippen LogP contribution in [-0.2, 0) is 4.79 Å². The van der Waals surface area contributed by atoms with E-state index >= 15 is 0 Å². The normalized spacial score (nSPS) is 15.5. The van der Waals surface area contributed by atoms with E-state index in [0.29, 0.717) is 12.3 Å². The van der Waals surface area contributed by atoms with Gasteiger partial charge in [-0.05, 0) is 26.2 Å². The Hall–Kier alpha value is -0.570. The van der Waals surface area contributed by atoms with E-state index in [2.05, 4.69) is 5.32 Å². The van der Waals surface area contributed by atoms with Crippen LogP contribution in [0.15, 0.2) is 0 Å². The molecule has 0 fully saturated rings. The lowest BCUT2D eigenvalue weighted by molar-refractivity contribution is -0.122. The van der Waals surface area contributed by atoms with E-state index in [1.165, 1.54) is 0 Å². The zero-order chi connectivity index (χ0) is 10.4. The predicted octanol–water partition coefficient (Wildman–Crippen LogP) is 1.27. The second-order valence-corrected chi connectivity index (χ2v) is 4.28. The van der Waals surface area contributed by atoms with E-state index in [1.807, 2.05) is 27.7 Å². The maximum absolute atomic E-state index is 11.3. The first-order valence-corrected chi connectivity index (χ1v) is 4.96. The highest BCUT2D eigenvalue weighted by Crippen LogP contribution is 2.00. The molecule has 0 saturated carbocycles. The Bertz CT molecular complexity index is 155. The molecule has 0 aromatic carbocycles. The van der Waals surface area contributed by atoms with Gasteiger partial charge in [0, 0.05) is 18.5 Å². The molecule has 3 heteroatoms. The minimum atomic E-state index is 0.128. The van der Waals surface area contributed by atoms with Gasteiger partial charge in [0.15, 0.2) is 0 Å². The number of hydrogen-bond acceptors (Lipinski definition) is 2. The summed E-state index contributed by atoms with van der Waals surface area (Å²) in [7, 11) is 0. The van der Waals surface area contributed by atoms with E-state index in [1.54, 1.807) is 0 Å². The molecule has 0 aliphatic rings. The molecule has 3 N–H and O–H groups in total. The number of nitrogens with two attached hydrogens (primary N) is 1. The molecule has 0 saturated heterocycles. The Morgan fingerprint density at radius 1 is 1.31 bits per heavy atom. The summed E-state index contributed by atoms with van der Waals surface area (Å²) in [5.41, 5.74) is 5.62. The fourth-order valence-corrected chi connectivity index (χ4v) is 1.32. The number of carbonyl (C=O) groups excluding carboxylic acids is 1. The molecule has 2 atom stereocenters. The van der Waals surface area contributed by atoms with E-state index in [4.69, 9.17) is 5.73 Å². The van der Waals surface area contributed by atoms with Crippen molar-refractivity contribution in [2.24, 2.45) is 11.7 Å². The number of rotatable bonds is 5. The first-order valence-electron chi connectivity index (χ1n) is 4.96. The fraction of sp³-hybridized carbons (Fsp3) is 0.900. The first-order chi connectivity index (χ1) is 5.91. The molecule has 2 unspecified atom stereocenters. The molecule has 0 bridgehead atoms.